The first kappa shape index (κ1) is 31.8. The summed E-state index contributed by atoms with van der Waals surface area (Å²) in [6, 6.07) is 3.62. The molecule has 41 heavy (non-hydrogen) atoms. The molecule has 13 heteroatoms. The molecule has 1 aromatic carbocycles. The van der Waals surface area contributed by atoms with E-state index in [0.717, 1.165) is 0 Å². The van der Waals surface area contributed by atoms with Crippen LogP contribution in [0.5, 0.6) is 5.75 Å². The van der Waals surface area contributed by atoms with Gasteiger partial charge in [0.05, 0.1) is 30.7 Å². The third-order valence-electron chi connectivity index (χ3n) is 7.25. The number of ether oxygens (including phenoxy) is 1. The molecule has 0 aromatic heterocycles. The smallest absolute Gasteiger partial charge is 0.255 e. The fourth-order valence-corrected chi connectivity index (χ4v) is 4.93. The molecule has 5 amide bonds. The van der Waals surface area contributed by atoms with Crippen LogP contribution in [0.25, 0.3) is 0 Å². The molecule has 13 nitrogen and oxygen atoms in total. The summed E-state index contributed by atoms with van der Waals surface area (Å²) in [6.45, 7) is 4.46. The van der Waals surface area contributed by atoms with Crippen LogP contribution in [0.3, 0.4) is 0 Å². The summed E-state index contributed by atoms with van der Waals surface area (Å²) in [5.41, 5.74) is -1.18. The number of carbonyl (C=O) groups is 5. The fourth-order valence-electron chi connectivity index (χ4n) is 4.93. The van der Waals surface area contributed by atoms with Crippen molar-refractivity contribution in [1.82, 2.24) is 26.6 Å². The second-order valence-electron chi connectivity index (χ2n) is 11.1. The third kappa shape index (κ3) is 8.40. The van der Waals surface area contributed by atoms with Crippen molar-refractivity contribution in [2.24, 2.45) is 5.92 Å². The topological polar surface area (TPSA) is 195 Å². The van der Waals surface area contributed by atoms with Gasteiger partial charge in [0.2, 0.25) is 23.6 Å². The predicted octanol–water partition coefficient (Wildman–Crippen LogP) is -0.889. The minimum Gasteiger partial charge on any atom is -0.491 e. The number of para-hydroxylation sites is 1. The number of amides is 5. The molecule has 1 aromatic rings. The normalized spacial score (nSPS) is 24.7. The fraction of sp³-hybridized carbons (Fsp3) is 0.607. The summed E-state index contributed by atoms with van der Waals surface area (Å²) < 4.78 is 5.84. The van der Waals surface area contributed by atoms with E-state index in [9.17, 15) is 29.1 Å². The molecule has 0 saturated heterocycles. The molecule has 0 radical (unpaired) electrons. The molecule has 0 unspecified atom stereocenters. The summed E-state index contributed by atoms with van der Waals surface area (Å²) >= 11 is 0. The van der Waals surface area contributed by atoms with E-state index in [1.165, 1.54) is 6.07 Å². The lowest BCUT2D eigenvalue weighted by Crippen LogP contribution is -2.62. The number of fused-ring (bicyclic) bond motifs is 1. The van der Waals surface area contributed by atoms with Crippen molar-refractivity contribution in [3.05, 3.63) is 29.8 Å². The third-order valence-corrected chi connectivity index (χ3v) is 7.25. The van der Waals surface area contributed by atoms with Gasteiger partial charge >= 0.3 is 0 Å². The number of hydrogen-bond acceptors (Lipinski definition) is 8. The number of hydrogen-bond donors (Lipinski definition) is 7. The lowest BCUT2D eigenvalue weighted by molar-refractivity contribution is -0.137. The molecule has 1 aliphatic heterocycles. The highest BCUT2D eigenvalue weighted by molar-refractivity contribution is 6.01. The summed E-state index contributed by atoms with van der Waals surface area (Å²) in [4.78, 5) is 66.4. The van der Waals surface area contributed by atoms with Crippen molar-refractivity contribution in [2.45, 2.75) is 82.6 Å². The van der Waals surface area contributed by atoms with E-state index in [0.29, 0.717) is 25.7 Å². The number of aliphatic hydroxyl groups excluding tert-OH is 2. The van der Waals surface area contributed by atoms with Crippen LogP contribution in [0.4, 0.5) is 0 Å². The Morgan fingerprint density at radius 1 is 1.10 bits per heavy atom. The number of nitrogens with one attached hydrogen (secondary N) is 5. The van der Waals surface area contributed by atoms with Gasteiger partial charge in [-0.25, -0.2) is 0 Å². The Bertz CT molecular complexity index is 1120. The monoisotopic (exact) mass is 575 g/mol. The van der Waals surface area contributed by atoms with Crippen molar-refractivity contribution in [1.29, 1.82) is 0 Å². The average molecular weight is 576 g/mol. The highest BCUT2D eigenvalue weighted by Gasteiger charge is 2.44. The lowest BCUT2D eigenvalue weighted by Gasteiger charge is -2.33. The number of benzene rings is 1. The maximum absolute atomic E-state index is 13.6. The molecule has 1 heterocycles. The molecule has 2 aliphatic rings. The van der Waals surface area contributed by atoms with Crippen LogP contribution >= 0.6 is 0 Å². The summed E-state index contributed by atoms with van der Waals surface area (Å²) in [7, 11) is 0. The van der Waals surface area contributed by atoms with Gasteiger partial charge in [-0.2, -0.15) is 0 Å². The number of aliphatic hydroxyl groups is 2. The molecule has 4 atom stereocenters. The number of rotatable bonds is 5. The standard InChI is InChI=1S/C28H41N5O8/c1-16(2)23-26(39)30-17(3)15-41-21-9-5-4-8-19(21)24(37)31-20(25(38)29-13-18(35)14-34)12-22(36)33-28(27(40)32-23)10-6-7-11-28/h4-5,8-9,16-18,20,23,34-35H,6-7,10-15H2,1-3H3,(H,29,38)(H,30,39)(H,31,37)(H,32,40)(H,33,36)/t17-,18+,20-,23+/m0/s1. The van der Waals surface area contributed by atoms with Crippen LogP contribution in [-0.4, -0.2) is 89.3 Å². The van der Waals surface area contributed by atoms with E-state index < -0.39 is 72.3 Å². The molecular formula is C28H41N5O8. The van der Waals surface area contributed by atoms with Crippen LogP contribution in [0.15, 0.2) is 24.3 Å². The van der Waals surface area contributed by atoms with E-state index in [-0.39, 0.29) is 30.4 Å². The van der Waals surface area contributed by atoms with Crippen LogP contribution < -0.4 is 31.3 Å². The van der Waals surface area contributed by atoms with Crippen LogP contribution in [0, 0.1) is 5.92 Å². The van der Waals surface area contributed by atoms with Crippen molar-refractivity contribution < 1.29 is 38.9 Å². The minimum absolute atomic E-state index is 0.0156. The first-order valence-electron chi connectivity index (χ1n) is 14.0. The van der Waals surface area contributed by atoms with Gasteiger partial charge in [-0.3, -0.25) is 24.0 Å². The second kappa shape index (κ2) is 14.3. The minimum atomic E-state index is -1.37. The zero-order valence-corrected chi connectivity index (χ0v) is 23.7. The Morgan fingerprint density at radius 3 is 2.44 bits per heavy atom. The molecule has 1 saturated carbocycles. The van der Waals surface area contributed by atoms with Crippen molar-refractivity contribution in [3.63, 3.8) is 0 Å². The van der Waals surface area contributed by atoms with Gasteiger partial charge in [0, 0.05) is 6.54 Å². The Labute approximate surface area is 239 Å². The van der Waals surface area contributed by atoms with E-state index in [1.54, 1.807) is 39.0 Å². The Morgan fingerprint density at radius 2 is 1.78 bits per heavy atom. The first-order chi connectivity index (χ1) is 19.5. The van der Waals surface area contributed by atoms with Gasteiger partial charge in [0.25, 0.3) is 5.91 Å². The van der Waals surface area contributed by atoms with Gasteiger partial charge in [0.1, 0.15) is 30.0 Å². The maximum atomic E-state index is 13.6. The van der Waals surface area contributed by atoms with E-state index >= 15 is 0 Å². The van der Waals surface area contributed by atoms with Gasteiger partial charge in [-0.05, 0) is 37.8 Å². The lowest BCUT2D eigenvalue weighted by atomic mass is 9.93. The molecule has 1 aliphatic carbocycles. The Balaban J connectivity index is 1.97. The van der Waals surface area contributed by atoms with E-state index in [2.05, 4.69) is 26.6 Å². The first-order valence-corrected chi connectivity index (χ1v) is 14.0. The van der Waals surface area contributed by atoms with E-state index in [1.807, 2.05) is 0 Å². The molecule has 1 spiro atoms. The zero-order chi connectivity index (χ0) is 30.2. The SMILES string of the molecule is CC(C)[C@H]1NC(=O)C2(CCCC2)NC(=O)C[C@@H](C(=O)NC[C@@H](O)CO)NC(=O)c2ccccc2OC[C@H](C)NC1=O. The molecule has 226 valence electrons. The molecule has 1 fully saturated rings. The largest absolute Gasteiger partial charge is 0.491 e. The van der Waals surface area contributed by atoms with Crippen molar-refractivity contribution >= 4 is 29.5 Å². The van der Waals surface area contributed by atoms with Crippen molar-refractivity contribution in [3.8, 4) is 5.75 Å². The highest BCUT2D eigenvalue weighted by Crippen LogP contribution is 2.30. The summed E-state index contributed by atoms with van der Waals surface area (Å²) in [6.07, 6.45) is 0.316. The van der Waals surface area contributed by atoms with Gasteiger partial charge in [0.15, 0.2) is 0 Å². The van der Waals surface area contributed by atoms with Crippen LogP contribution in [0.1, 0.15) is 63.2 Å². The Kier molecular flexibility index (Phi) is 11.1. The van der Waals surface area contributed by atoms with Gasteiger partial charge in [-0.1, -0.05) is 38.8 Å². The van der Waals surface area contributed by atoms with Crippen molar-refractivity contribution in [2.75, 3.05) is 19.8 Å². The van der Waals surface area contributed by atoms with E-state index in [4.69, 9.17) is 9.84 Å². The second-order valence-corrected chi connectivity index (χ2v) is 11.1. The quantitative estimate of drug-likeness (QED) is 0.235. The maximum Gasteiger partial charge on any atom is 0.255 e. The van der Waals surface area contributed by atoms with Gasteiger partial charge in [-0.15, -0.1) is 0 Å². The Hall–Kier alpha value is -3.71. The van der Waals surface area contributed by atoms with Crippen LogP contribution in [-0.2, 0) is 19.2 Å². The average Bonchev–Trinajstić information content (AvgIpc) is 3.41. The summed E-state index contributed by atoms with van der Waals surface area (Å²) in [5.74, 6) is -3.05. The molecule has 7 N–H and O–H groups in total. The summed E-state index contributed by atoms with van der Waals surface area (Å²) in [5, 5.41) is 32.2. The van der Waals surface area contributed by atoms with Gasteiger partial charge < -0.3 is 41.5 Å². The number of carbonyl (C=O) groups excluding carboxylic acids is 5. The highest BCUT2D eigenvalue weighted by atomic mass is 16.5. The zero-order valence-electron chi connectivity index (χ0n) is 23.7. The molecule has 0 bridgehead atoms. The molecular weight excluding hydrogens is 534 g/mol. The molecule has 3 rings (SSSR count). The van der Waals surface area contributed by atoms with Crippen LogP contribution in [0.2, 0.25) is 0 Å². The predicted molar refractivity (Wildman–Crippen MR) is 148 cm³/mol.